The van der Waals surface area contributed by atoms with E-state index in [1.165, 1.54) is 18.1 Å². The van der Waals surface area contributed by atoms with Gasteiger partial charge in [0.15, 0.2) is 0 Å². The van der Waals surface area contributed by atoms with E-state index in [1.54, 1.807) is 12.1 Å². The van der Waals surface area contributed by atoms with E-state index in [4.69, 9.17) is 16.3 Å². The predicted octanol–water partition coefficient (Wildman–Crippen LogP) is 5.12. The van der Waals surface area contributed by atoms with Crippen molar-refractivity contribution in [3.8, 4) is 5.75 Å². The molecular formula is C32H38ClN3O5S. The number of benzene rings is 3. The van der Waals surface area contributed by atoms with E-state index >= 15 is 0 Å². The minimum Gasteiger partial charge on any atom is -0.495 e. The zero-order valence-electron chi connectivity index (χ0n) is 24.3. The first kappa shape index (κ1) is 31.4. The molecule has 1 fully saturated rings. The van der Waals surface area contributed by atoms with Crippen LogP contribution in [0.5, 0.6) is 5.75 Å². The molecule has 1 atom stereocenters. The molecule has 0 aromatic heterocycles. The average molecular weight is 612 g/mol. The molecule has 0 unspecified atom stereocenters. The molecule has 42 heavy (non-hydrogen) atoms. The summed E-state index contributed by atoms with van der Waals surface area (Å²) in [6.45, 7) is 1.59. The Hall–Kier alpha value is -3.56. The first-order valence-electron chi connectivity index (χ1n) is 14.1. The number of hydrogen-bond donors (Lipinski definition) is 1. The molecule has 224 valence electrons. The lowest BCUT2D eigenvalue weighted by Crippen LogP contribution is -2.54. The van der Waals surface area contributed by atoms with Crippen molar-refractivity contribution in [3.05, 3.63) is 94.5 Å². The largest absolute Gasteiger partial charge is 0.495 e. The van der Waals surface area contributed by atoms with E-state index in [2.05, 4.69) is 5.32 Å². The summed E-state index contributed by atoms with van der Waals surface area (Å²) in [5.41, 5.74) is 2.96. The molecule has 1 N–H and O–H groups in total. The third kappa shape index (κ3) is 8.04. The molecule has 0 heterocycles. The molecule has 1 saturated carbocycles. The maximum atomic E-state index is 14.3. The van der Waals surface area contributed by atoms with Gasteiger partial charge >= 0.3 is 0 Å². The molecule has 0 saturated heterocycles. The number of methoxy groups -OCH3 is 1. The summed E-state index contributed by atoms with van der Waals surface area (Å²) in [5.74, 6) is -0.364. The van der Waals surface area contributed by atoms with Crippen LogP contribution in [0.2, 0.25) is 5.02 Å². The van der Waals surface area contributed by atoms with Gasteiger partial charge in [0, 0.05) is 19.0 Å². The smallest absolute Gasteiger partial charge is 0.244 e. The first-order chi connectivity index (χ1) is 20.1. The minimum absolute atomic E-state index is 0.0557. The number of carbonyl (C=O) groups is 2. The Morgan fingerprint density at radius 1 is 1.02 bits per heavy atom. The third-order valence-corrected chi connectivity index (χ3v) is 9.11. The molecule has 2 amide bonds. The molecule has 8 nitrogen and oxygen atoms in total. The van der Waals surface area contributed by atoms with Crippen molar-refractivity contribution in [2.45, 2.75) is 57.7 Å². The lowest BCUT2D eigenvalue weighted by atomic mass is 10.0. The van der Waals surface area contributed by atoms with Crippen LogP contribution in [0.1, 0.15) is 42.4 Å². The Labute approximate surface area is 253 Å². The second kappa shape index (κ2) is 14.1. The molecule has 3 aromatic carbocycles. The molecule has 1 aliphatic carbocycles. The van der Waals surface area contributed by atoms with Crippen molar-refractivity contribution >= 4 is 39.1 Å². The molecular weight excluding hydrogens is 574 g/mol. The Balaban J connectivity index is 1.74. The summed E-state index contributed by atoms with van der Waals surface area (Å²) < 4.78 is 32.2. The number of nitrogens with one attached hydrogen (secondary N) is 1. The summed E-state index contributed by atoms with van der Waals surface area (Å²) in [7, 11) is -2.44. The van der Waals surface area contributed by atoms with Crippen LogP contribution in [-0.4, -0.2) is 57.1 Å². The quantitative estimate of drug-likeness (QED) is 0.307. The highest BCUT2D eigenvalue weighted by Crippen LogP contribution is 2.30. The maximum Gasteiger partial charge on any atom is 0.244 e. The van der Waals surface area contributed by atoms with E-state index < -0.39 is 28.5 Å². The van der Waals surface area contributed by atoms with E-state index in [0.717, 1.165) is 52.9 Å². The number of aryl methyl sites for hydroxylation is 1. The van der Waals surface area contributed by atoms with E-state index in [0.29, 0.717) is 5.75 Å². The molecule has 0 spiro atoms. The average Bonchev–Trinajstić information content (AvgIpc) is 3.47. The number of carbonyl (C=O) groups excluding carboxylic acids is 2. The van der Waals surface area contributed by atoms with Crippen LogP contribution < -0.4 is 14.4 Å². The van der Waals surface area contributed by atoms with Gasteiger partial charge in [-0.2, -0.15) is 0 Å². The number of ether oxygens (including phenoxy) is 1. The van der Waals surface area contributed by atoms with Gasteiger partial charge in [0.2, 0.25) is 21.8 Å². The van der Waals surface area contributed by atoms with Crippen LogP contribution in [0, 0.1) is 6.92 Å². The lowest BCUT2D eigenvalue weighted by Gasteiger charge is -2.34. The number of anilines is 1. The van der Waals surface area contributed by atoms with Crippen molar-refractivity contribution in [1.29, 1.82) is 0 Å². The summed E-state index contributed by atoms with van der Waals surface area (Å²) in [4.78, 5) is 29.7. The fourth-order valence-electron chi connectivity index (χ4n) is 5.32. The van der Waals surface area contributed by atoms with Gasteiger partial charge in [-0.25, -0.2) is 8.42 Å². The second-order valence-corrected chi connectivity index (χ2v) is 13.0. The van der Waals surface area contributed by atoms with Gasteiger partial charge in [-0.15, -0.1) is 0 Å². The lowest BCUT2D eigenvalue weighted by molar-refractivity contribution is -0.140. The van der Waals surface area contributed by atoms with Crippen LogP contribution in [-0.2, 0) is 32.6 Å². The minimum atomic E-state index is -3.90. The molecule has 1 aliphatic rings. The van der Waals surface area contributed by atoms with E-state index in [9.17, 15) is 18.0 Å². The van der Waals surface area contributed by atoms with Gasteiger partial charge in [-0.3, -0.25) is 13.9 Å². The first-order valence-corrected chi connectivity index (χ1v) is 16.3. The van der Waals surface area contributed by atoms with Gasteiger partial charge < -0.3 is 15.0 Å². The van der Waals surface area contributed by atoms with E-state index in [-0.39, 0.29) is 35.6 Å². The van der Waals surface area contributed by atoms with Crippen LogP contribution in [0.25, 0.3) is 0 Å². The van der Waals surface area contributed by atoms with E-state index in [1.807, 2.05) is 61.5 Å². The Morgan fingerprint density at radius 2 is 1.69 bits per heavy atom. The summed E-state index contributed by atoms with van der Waals surface area (Å²) in [5, 5.41) is 3.39. The SMILES string of the molecule is COc1ccc(N(CC(=O)N(Cc2ccccc2C)[C@@H](Cc2ccccc2)C(=O)NC2CCCC2)S(C)(=O)=O)cc1Cl. The second-order valence-electron chi connectivity index (χ2n) is 10.7. The third-order valence-electron chi connectivity index (χ3n) is 7.68. The van der Waals surface area contributed by atoms with Gasteiger partial charge in [0.1, 0.15) is 18.3 Å². The molecule has 4 rings (SSSR count). The molecule has 10 heteroatoms. The molecule has 3 aromatic rings. The number of amides is 2. The fourth-order valence-corrected chi connectivity index (χ4v) is 6.41. The standard InChI is InChI=1S/C32H38ClN3O5S/c1-23-11-7-8-14-25(23)21-35(29(19-24-12-5-4-6-13-24)32(38)34-26-15-9-10-16-26)31(37)22-36(42(3,39)40)27-17-18-30(41-2)28(33)20-27/h4-8,11-14,17-18,20,26,29H,9-10,15-16,19,21-22H2,1-3H3,(H,34,38)/t29-/m0/s1. The van der Waals surface area contributed by atoms with Crippen molar-refractivity contribution < 1.29 is 22.7 Å². The van der Waals surface area contributed by atoms with Gasteiger partial charge in [0.25, 0.3) is 0 Å². The summed E-state index contributed by atoms with van der Waals surface area (Å²) >= 11 is 6.32. The van der Waals surface area contributed by atoms with Crippen LogP contribution >= 0.6 is 11.6 Å². The molecule has 0 bridgehead atoms. The highest BCUT2D eigenvalue weighted by atomic mass is 35.5. The van der Waals surface area contributed by atoms with Crippen LogP contribution in [0.15, 0.2) is 72.8 Å². The van der Waals surface area contributed by atoms with Gasteiger partial charge in [-0.1, -0.05) is 79.0 Å². The topological polar surface area (TPSA) is 96.0 Å². The zero-order valence-corrected chi connectivity index (χ0v) is 25.8. The highest BCUT2D eigenvalue weighted by Gasteiger charge is 2.34. The monoisotopic (exact) mass is 611 g/mol. The molecule has 0 aliphatic heterocycles. The zero-order chi connectivity index (χ0) is 30.3. The number of sulfonamides is 1. The van der Waals surface area contributed by atoms with Crippen molar-refractivity contribution in [2.24, 2.45) is 0 Å². The Morgan fingerprint density at radius 3 is 2.31 bits per heavy atom. The molecule has 0 radical (unpaired) electrons. The van der Waals surface area contributed by atoms with Crippen molar-refractivity contribution in [2.75, 3.05) is 24.2 Å². The van der Waals surface area contributed by atoms with Gasteiger partial charge in [0.05, 0.1) is 24.1 Å². The number of rotatable bonds is 12. The highest BCUT2D eigenvalue weighted by molar-refractivity contribution is 7.92. The normalized spacial score (nSPS) is 14.3. The summed E-state index contributed by atoms with van der Waals surface area (Å²) in [6, 6.07) is 21.0. The van der Waals surface area contributed by atoms with Crippen LogP contribution in [0.3, 0.4) is 0 Å². The number of hydrogen-bond acceptors (Lipinski definition) is 5. The summed E-state index contributed by atoms with van der Waals surface area (Å²) in [6.07, 6.45) is 5.22. The maximum absolute atomic E-state index is 14.3. The van der Waals surface area contributed by atoms with Gasteiger partial charge in [-0.05, 0) is 54.7 Å². The van der Waals surface area contributed by atoms with Crippen molar-refractivity contribution in [3.63, 3.8) is 0 Å². The fraction of sp³-hybridized carbons (Fsp3) is 0.375. The Bertz CT molecular complexity index is 1490. The number of nitrogens with zero attached hydrogens (tertiary/aromatic N) is 2. The number of halogens is 1. The predicted molar refractivity (Wildman–Crippen MR) is 166 cm³/mol. The Kier molecular flexibility index (Phi) is 10.5. The van der Waals surface area contributed by atoms with Crippen molar-refractivity contribution in [1.82, 2.24) is 10.2 Å². The van der Waals surface area contributed by atoms with Crippen LogP contribution in [0.4, 0.5) is 5.69 Å².